The first kappa shape index (κ1) is 18.8. The first-order valence-corrected chi connectivity index (χ1v) is 9.71. The van der Waals surface area contributed by atoms with E-state index >= 15 is 0 Å². The van der Waals surface area contributed by atoms with Crippen molar-refractivity contribution >= 4 is 23.3 Å². The molecule has 0 fully saturated rings. The highest BCUT2D eigenvalue weighted by molar-refractivity contribution is 7.13. The van der Waals surface area contributed by atoms with Crippen molar-refractivity contribution < 1.29 is 4.79 Å². The third kappa shape index (κ3) is 4.80. The fourth-order valence-corrected chi connectivity index (χ4v) is 3.36. The number of benzene rings is 1. The van der Waals surface area contributed by atoms with Crippen LogP contribution in [-0.4, -0.2) is 33.9 Å². The Hall–Kier alpha value is -2.99. The lowest BCUT2D eigenvalue weighted by Crippen LogP contribution is -2.35. The van der Waals surface area contributed by atoms with Crippen molar-refractivity contribution in [1.29, 1.82) is 0 Å². The Morgan fingerprint density at radius 3 is 2.70 bits per heavy atom. The van der Waals surface area contributed by atoms with Gasteiger partial charge in [-0.2, -0.15) is 0 Å². The minimum absolute atomic E-state index is 0.0665. The van der Waals surface area contributed by atoms with Gasteiger partial charge < -0.3 is 9.88 Å². The van der Waals surface area contributed by atoms with Gasteiger partial charge in [0.1, 0.15) is 11.4 Å². The smallest absolute Gasteiger partial charge is 0.264 e. The molecule has 0 radical (unpaired) electrons. The predicted molar refractivity (Wildman–Crippen MR) is 110 cm³/mol. The first-order valence-electron chi connectivity index (χ1n) is 8.83. The van der Waals surface area contributed by atoms with Crippen LogP contribution in [0.2, 0.25) is 0 Å². The number of thiophene rings is 1. The van der Waals surface area contributed by atoms with Gasteiger partial charge in [-0.25, -0.2) is 4.98 Å². The molecule has 0 aliphatic rings. The zero-order chi connectivity index (χ0) is 19.1. The summed E-state index contributed by atoms with van der Waals surface area (Å²) in [5.41, 5.74) is 0.727. The van der Waals surface area contributed by atoms with Crippen molar-refractivity contribution in [3.05, 3.63) is 81.6 Å². The second-order valence-electron chi connectivity index (χ2n) is 6.02. The van der Waals surface area contributed by atoms with Gasteiger partial charge in [-0.1, -0.05) is 55.5 Å². The van der Waals surface area contributed by atoms with E-state index in [-0.39, 0.29) is 11.5 Å². The van der Waals surface area contributed by atoms with Crippen molar-refractivity contribution in [2.45, 2.75) is 13.3 Å². The maximum atomic E-state index is 12.8. The molecule has 1 amide bonds. The molecule has 3 aromatic rings. The van der Waals surface area contributed by atoms with Crippen molar-refractivity contribution in [2.24, 2.45) is 0 Å². The SMILES string of the molecule is CCCN(C/C=C/c1ccccc1)C(=O)c1cnc(-c2cccs2)[nH]c1=O. The number of carbonyl (C=O) groups is 1. The molecule has 5 nitrogen and oxygen atoms in total. The Bertz CT molecular complexity index is 963. The van der Waals surface area contributed by atoms with Crippen LogP contribution in [0, 0.1) is 0 Å². The lowest BCUT2D eigenvalue weighted by Gasteiger charge is -2.20. The molecule has 0 saturated heterocycles. The highest BCUT2D eigenvalue weighted by Crippen LogP contribution is 2.19. The Morgan fingerprint density at radius 2 is 2.04 bits per heavy atom. The number of rotatable bonds is 7. The molecular weight excluding hydrogens is 358 g/mol. The summed E-state index contributed by atoms with van der Waals surface area (Å²) in [5.74, 6) is 0.179. The molecule has 6 heteroatoms. The van der Waals surface area contributed by atoms with Gasteiger partial charge in [0.2, 0.25) is 0 Å². The molecule has 0 bridgehead atoms. The van der Waals surface area contributed by atoms with Gasteiger partial charge in [0.15, 0.2) is 0 Å². The molecular formula is C21H21N3O2S. The number of H-pyrrole nitrogens is 1. The number of aromatic amines is 1. The Kier molecular flexibility index (Phi) is 6.33. The van der Waals surface area contributed by atoms with Crippen molar-refractivity contribution in [2.75, 3.05) is 13.1 Å². The second kappa shape index (κ2) is 9.09. The highest BCUT2D eigenvalue weighted by Gasteiger charge is 2.18. The van der Waals surface area contributed by atoms with Gasteiger partial charge in [0, 0.05) is 19.3 Å². The Balaban J connectivity index is 1.76. The summed E-state index contributed by atoms with van der Waals surface area (Å²) in [5, 5.41) is 1.91. The zero-order valence-electron chi connectivity index (χ0n) is 15.1. The molecule has 3 rings (SSSR count). The summed E-state index contributed by atoms with van der Waals surface area (Å²) in [4.78, 5) is 34.8. The summed E-state index contributed by atoms with van der Waals surface area (Å²) >= 11 is 1.49. The lowest BCUT2D eigenvalue weighted by atomic mass is 10.2. The number of hydrogen-bond donors (Lipinski definition) is 1. The third-order valence-corrected chi connectivity index (χ3v) is 4.88. The first-order chi connectivity index (χ1) is 13.2. The number of hydrogen-bond acceptors (Lipinski definition) is 4. The molecule has 0 saturated carbocycles. The molecule has 0 aliphatic heterocycles. The van der Waals surface area contributed by atoms with Crippen LogP contribution < -0.4 is 5.56 Å². The monoisotopic (exact) mass is 379 g/mol. The van der Waals surface area contributed by atoms with E-state index in [9.17, 15) is 9.59 Å². The number of nitrogens with zero attached hydrogens (tertiary/aromatic N) is 2. The molecule has 0 aliphatic carbocycles. The molecule has 138 valence electrons. The normalized spacial score (nSPS) is 11.0. The maximum absolute atomic E-state index is 12.8. The molecule has 1 N–H and O–H groups in total. The van der Waals surface area contributed by atoms with E-state index < -0.39 is 5.56 Å². The van der Waals surface area contributed by atoms with Crippen LogP contribution in [0.15, 0.2) is 64.9 Å². The number of nitrogens with one attached hydrogen (secondary N) is 1. The molecule has 0 atom stereocenters. The fourth-order valence-electron chi connectivity index (χ4n) is 2.68. The van der Waals surface area contributed by atoms with Crippen LogP contribution >= 0.6 is 11.3 Å². The molecule has 2 heterocycles. The maximum Gasteiger partial charge on any atom is 0.264 e. The molecule has 0 spiro atoms. The second-order valence-corrected chi connectivity index (χ2v) is 6.96. The standard InChI is InChI=1S/C21H21N3O2S/c1-2-12-24(13-6-10-16-8-4-3-5-9-16)21(26)17-15-22-19(23-20(17)25)18-11-7-14-27-18/h3-11,14-15H,2,12-13H2,1H3,(H,22,23,25)/b10-6+. The van der Waals surface area contributed by atoms with Gasteiger partial charge in [-0.15, -0.1) is 11.3 Å². The molecule has 27 heavy (non-hydrogen) atoms. The Labute approximate surface area is 162 Å². The van der Waals surface area contributed by atoms with Gasteiger partial charge in [-0.05, 0) is 23.4 Å². The van der Waals surface area contributed by atoms with E-state index in [2.05, 4.69) is 9.97 Å². The summed E-state index contributed by atoms with van der Waals surface area (Å²) in [6, 6.07) is 13.7. The summed E-state index contributed by atoms with van der Waals surface area (Å²) in [6.45, 7) is 3.02. The topological polar surface area (TPSA) is 66.1 Å². The van der Waals surface area contributed by atoms with Crippen LogP contribution in [0.3, 0.4) is 0 Å². The summed E-state index contributed by atoms with van der Waals surface area (Å²) in [6.07, 6.45) is 6.09. The molecule has 0 unspecified atom stereocenters. The quantitative estimate of drug-likeness (QED) is 0.673. The number of amides is 1. The minimum atomic E-state index is -0.411. The average molecular weight is 379 g/mol. The van der Waals surface area contributed by atoms with Crippen LogP contribution in [0.4, 0.5) is 0 Å². The molecule has 1 aromatic carbocycles. The zero-order valence-corrected chi connectivity index (χ0v) is 15.9. The molecule has 2 aromatic heterocycles. The predicted octanol–water partition coefficient (Wildman–Crippen LogP) is 4.06. The van der Waals surface area contributed by atoms with Gasteiger partial charge >= 0.3 is 0 Å². The van der Waals surface area contributed by atoms with E-state index in [0.29, 0.717) is 18.9 Å². The number of carbonyl (C=O) groups excluding carboxylic acids is 1. The number of aromatic nitrogens is 2. The van der Waals surface area contributed by atoms with Crippen molar-refractivity contribution in [3.8, 4) is 10.7 Å². The van der Waals surface area contributed by atoms with E-state index in [1.807, 2.05) is 66.9 Å². The summed E-state index contributed by atoms with van der Waals surface area (Å²) in [7, 11) is 0. The van der Waals surface area contributed by atoms with Crippen LogP contribution in [0.25, 0.3) is 16.8 Å². The Morgan fingerprint density at radius 1 is 1.22 bits per heavy atom. The largest absolute Gasteiger partial charge is 0.335 e. The van der Waals surface area contributed by atoms with Crippen LogP contribution in [0.5, 0.6) is 0 Å². The third-order valence-electron chi connectivity index (χ3n) is 4.00. The van der Waals surface area contributed by atoms with Crippen molar-refractivity contribution in [1.82, 2.24) is 14.9 Å². The van der Waals surface area contributed by atoms with Crippen molar-refractivity contribution in [3.63, 3.8) is 0 Å². The highest BCUT2D eigenvalue weighted by atomic mass is 32.1. The average Bonchev–Trinajstić information content (AvgIpc) is 3.22. The summed E-state index contributed by atoms with van der Waals surface area (Å²) < 4.78 is 0. The van der Waals surface area contributed by atoms with Crippen LogP contribution in [0.1, 0.15) is 29.3 Å². The van der Waals surface area contributed by atoms with Crippen LogP contribution in [-0.2, 0) is 0 Å². The van der Waals surface area contributed by atoms with Gasteiger partial charge in [-0.3, -0.25) is 9.59 Å². The van der Waals surface area contributed by atoms with E-state index in [1.54, 1.807) is 4.90 Å². The van der Waals surface area contributed by atoms with E-state index in [4.69, 9.17) is 0 Å². The van der Waals surface area contributed by atoms with E-state index in [1.165, 1.54) is 17.5 Å². The lowest BCUT2D eigenvalue weighted by molar-refractivity contribution is 0.0772. The van der Waals surface area contributed by atoms with Gasteiger partial charge in [0.25, 0.3) is 11.5 Å². The van der Waals surface area contributed by atoms with Gasteiger partial charge in [0.05, 0.1) is 4.88 Å². The minimum Gasteiger partial charge on any atom is -0.335 e. The van der Waals surface area contributed by atoms with E-state index in [0.717, 1.165) is 16.9 Å². The fraction of sp³-hybridized carbons (Fsp3) is 0.190.